The summed E-state index contributed by atoms with van der Waals surface area (Å²) in [4.78, 5) is 45.5. The molecular weight excluding hydrogens is 468 g/mol. The zero-order chi connectivity index (χ0) is 26.4. The number of hydrogen-bond acceptors (Lipinski definition) is 5. The van der Waals surface area contributed by atoms with Crippen molar-refractivity contribution in [1.82, 2.24) is 15.1 Å². The van der Waals surface area contributed by atoms with Gasteiger partial charge in [-0.05, 0) is 56.0 Å². The van der Waals surface area contributed by atoms with Crippen molar-refractivity contribution >= 4 is 23.4 Å². The van der Waals surface area contributed by atoms with Crippen LogP contribution in [0.4, 0.5) is 5.69 Å². The highest BCUT2D eigenvalue weighted by Crippen LogP contribution is 2.38. The molecule has 0 aromatic heterocycles. The van der Waals surface area contributed by atoms with Crippen molar-refractivity contribution in [1.29, 1.82) is 0 Å². The Balaban J connectivity index is 1.60. The molecule has 3 amide bonds. The SMILES string of the molecule is CNC(=O)C12CCCCN(C(=O)c3cccc(N(C)C)c3)CCOc3ccccc3C(=O)N(CC1)CC2. The summed E-state index contributed by atoms with van der Waals surface area (Å²) in [5, 5.41) is 2.85. The van der Waals surface area contributed by atoms with Crippen molar-refractivity contribution in [2.75, 3.05) is 58.8 Å². The second-order valence-electron chi connectivity index (χ2n) is 10.2. The Kier molecular flexibility index (Phi) is 8.36. The van der Waals surface area contributed by atoms with Crippen molar-refractivity contribution in [3.8, 4) is 5.75 Å². The molecule has 198 valence electrons. The molecule has 0 radical (unpaired) electrons. The molecule has 1 saturated heterocycles. The van der Waals surface area contributed by atoms with Crippen LogP contribution in [0.5, 0.6) is 5.75 Å². The summed E-state index contributed by atoms with van der Waals surface area (Å²) in [6.07, 6.45) is 3.60. The zero-order valence-electron chi connectivity index (χ0n) is 22.2. The van der Waals surface area contributed by atoms with Gasteiger partial charge in [0.05, 0.1) is 17.5 Å². The van der Waals surface area contributed by atoms with E-state index in [0.29, 0.717) is 55.9 Å². The van der Waals surface area contributed by atoms with Gasteiger partial charge in [-0.25, -0.2) is 0 Å². The lowest BCUT2D eigenvalue weighted by atomic mass is 9.73. The number of benzene rings is 2. The Bertz CT molecular complexity index is 1120. The number of rotatable bonds is 3. The fourth-order valence-corrected chi connectivity index (χ4v) is 5.38. The number of hydrogen-bond donors (Lipinski definition) is 1. The summed E-state index contributed by atoms with van der Waals surface area (Å²) in [6.45, 7) is 2.33. The third-order valence-electron chi connectivity index (χ3n) is 7.68. The van der Waals surface area contributed by atoms with Gasteiger partial charge < -0.3 is 24.8 Å². The van der Waals surface area contributed by atoms with Crippen molar-refractivity contribution < 1.29 is 19.1 Å². The molecule has 0 aliphatic carbocycles. The maximum absolute atomic E-state index is 13.5. The second-order valence-corrected chi connectivity index (χ2v) is 10.2. The van der Waals surface area contributed by atoms with Crippen LogP contribution in [0.1, 0.15) is 52.8 Å². The first-order chi connectivity index (χ1) is 17.8. The average molecular weight is 507 g/mol. The van der Waals surface area contributed by atoms with E-state index in [-0.39, 0.29) is 24.3 Å². The van der Waals surface area contributed by atoms with E-state index in [1.54, 1.807) is 19.2 Å². The first-order valence-corrected chi connectivity index (χ1v) is 13.1. The molecule has 1 N–H and O–H groups in total. The van der Waals surface area contributed by atoms with Gasteiger partial charge in [-0.2, -0.15) is 0 Å². The van der Waals surface area contributed by atoms with E-state index >= 15 is 0 Å². The molecular formula is C29H38N4O4. The largest absolute Gasteiger partial charge is 0.491 e. The van der Waals surface area contributed by atoms with Crippen LogP contribution < -0.4 is 15.0 Å². The summed E-state index contributed by atoms with van der Waals surface area (Å²) in [6, 6.07) is 14.9. The predicted octanol–water partition coefficient (Wildman–Crippen LogP) is 3.43. The van der Waals surface area contributed by atoms with Gasteiger partial charge in [0.15, 0.2) is 0 Å². The minimum atomic E-state index is -0.489. The Hall–Kier alpha value is -3.55. The Morgan fingerprint density at radius 1 is 0.946 bits per heavy atom. The number of nitrogens with zero attached hydrogens (tertiary/aromatic N) is 3. The van der Waals surface area contributed by atoms with Crippen LogP contribution in [0.15, 0.2) is 48.5 Å². The van der Waals surface area contributed by atoms with Crippen LogP contribution in [0.25, 0.3) is 0 Å². The van der Waals surface area contributed by atoms with E-state index in [1.807, 2.05) is 65.2 Å². The minimum absolute atomic E-state index is 0.0427. The number of nitrogens with one attached hydrogen (secondary N) is 1. The molecule has 2 aromatic carbocycles. The molecule has 0 unspecified atom stereocenters. The number of carbonyl (C=O) groups excluding carboxylic acids is 3. The summed E-state index contributed by atoms with van der Waals surface area (Å²) in [7, 11) is 5.58. The van der Waals surface area contributed by atoms with Gasteiger partial charge in [-0.3, -0.25) is 14.4 Å². The van der Waals surface area contributed by atoms with E-state index in [4.69, 9.17) is 4.74 Å². The number of amides is 3. The van der Waals surface area contributed by atoms with Crippen LogP contribution in [0.3, 0.4) is 0 Å². The molecule has 3 heterocycles. The molecule has 0 spiro atoms. The molecule has 3 aliphatic heterocycles. The maximum Gasteiger partial charge on any atom is 0.257 e. The first kappa shape index (κ1) is 26.5. The van der Waals surface area contributed by atoms with Crippen molar-refractivity contribution in [2.24, 2.45) is 5.41 Å². The van der Waals surface area contributed by atoms with Gasteiger partial charge in [-0.1, -0.05) is 24.6 Å². The zero-order valence-corrected chi connectivity index (χ0v) is 22.2. The Labute approximate surface area is 219 Å². The monoisotopic (exact) mass is 506 g/mol. The standard InChI is InChI=1S/C29H38N4O4/c1-30-28(36)29-13-6-7-16-32(26(34)22-9-8-10-23(21-22)31(2)3)19-20-37-25-12-5-4-11-24(25)27(35)33(17-14-29)18-15-29/h4-5,8-12,21H,6-7,13-20H2,1-3H3,(H,30,36). The number of carbonyl (C=O) groups is 3. The third kappa shape index (κ3) is 5.89. The number of fused-ring (bicyclic) bond motifs is 9. The lowest BCUT2D eigenvalue weighted by molar-refractivity contribution is -0.133. The number of ether oxygens (including phenoxy) is 1. The van der Waals surface area contributed by atoms with Crippen LogP contribution in [0.2, 0.25) is 0 Å². The van der Waals surface area contributed by atoms with Crippen molar-refractivity contribution in [3.63, 3.8) is 0 Å². The molecule has 0 atom stereocenters. The summed E-state index contributed by atoms with van der Waals surface area (Å²) in [5.41, 5.74) is 1.62. The topological polar surface area (TPSA) is 82.2 Å². The Morgan fingerprint density at radius 3 is 2.43 bits per heavy atom. The lowest BCUT2D eigenvalue weighted by Gasteiger charge is -2.40. The number of piperidine rings is 1. The lowest BCUT2D eigenvalue weighted by Crippen LogP contribution is -2.49. The van der Waals surface area contributed by atoms with Crippen LogP contribution in [0, 0.1) is 5.41 Å². The van der Waals surface area contributed by atoms with Crippen LogP contribution >= 0.6 is 0 Å². The quantitative estimate of drug-likeness (QED) is 0.690. The summed E-state index contributed by atoms with van der Waals surface area (Å²) < 4.78 is 6.08. The Morgan fingerprint density at radius 2 is 1.70 bits per heavy atom. The molecule has 3 aliphatic rings. The molecule has 0 saturated carbocycles. The smallest absolute Gasteiger partial charge is 0.257 e. The third-order valence-corrected chi connectivity index (χ3v) is 7.68. The first-order valence-electron chi connectivity index (χ1n) is 13.1. The van der Waals surface area contributed by atoms with Gasteiger partial charge >= 0.3 is 0 Å². The summed E-state index contributed by atoms with van der Waals surface area (Å²) >= 11 is 0. The van der Waals surface area contributed by atoms with E-state index in [9.17, 15) is 14.4 Å². The van der Waals surface area contributed by atoms with Gasteiger partial charge in [-0.15, -0.1) is 0 Å². The predicted molar refractivity (Wildman–Crippen MR) is 144 cm³/mol. The normalized spacial score (nSPS) is 18.2. The van der Waals surface area contributed by atoms with Crippen LogP contribution in [-0.2, 0) is 4.79 Å². The van der Waals surface area contributed by atoms with E-state index < -0.39 is 5.41 Å². The molecule has 1 fully saturated rings. The van der Waals surface area contributed by atoms with Gasteiger partial charge in [0, 0.05) is 52.0 Å². The van der Waals surface area contributed by atoms with Crippen molar-refractivity contribution in [2.45, 2.75) is 32.1 Å². The molecule has 2 aromatic rings. The molecule has 2 bridgehead atoms. The fourth-order valence-electron chi connectivity index (χ4n) is 5.38. The average Bonchev–Trinajstić information content (AvgIpc) is 2.94. The van der Waals surface area contributed by atoms with Gasteiger partial charge in [0.2, 0.25) is 5.91 Å². The van der Waals surface area contributed by atoms with Gasteiger partial charge in [0.1, 0.15) is 12.4 Å². The highest BCUT2D eigenvalue weighted by Gasteiger charge is 2.41. The van der Waals surface area contributed by atoms with E-state index in [2.05, 4.69) is 5.32 Å². The van der Waals surface area contributed by atoms with Crippen LogP contribution in [-0.4, -0.2) is 81.5 Å². The minimum Gasteiger partial charge on any atom is -0.491 e. The van der Waals surface area contributed by atoms with Crippen molar-refractivity contribution in [3.05, 3.63) is 59.7 Å². The highest BCUT2D eigenvalue weighted by atomic mass is 16.5. The molecule has 37 heavy (non-hydrogen) atoms. The summed E-state index contributed by atoms with van der Waals surface area (Å²) in [5.74, 6) is 0.437. The fraction of sp³-hybridized carbons (Fsp3) is 0.483. The highest BCUT2D eigenvalue weighted by molar-refractivity contribution is 5.97. The molecule has 8 heteroatoms. The molecule has 5 rings (SSSR count). The number of para-hydroxylation sites is 1. The van der Waals surface area contributed by atoms with E-state index in [1.165, 1.54) is 0 Å². The van der Waals surface area contributed by atoms with E-state index in [0.717, 1.165) is 24.9 Å². The number of anilines is 1. The maximum atomic E-state index is 13.5. The van der Waals surface area contributed by atoms with Gasteiger partial charge in [0.25, 0.3) is 11.8 Å². The molecule has 8 nitrogen and oxygen atoms in total. The second kappa shape index (κ2) is 11.7.